The van der Waals surface area contributed by atoms with Gasteiger partial charge < -0.3 is 14.6 Å². The lowest BCUT2D eigenvalue weighted by atomic mass is 9.90. The lowest BCUT2D eigenvalue weighted by Crippen LogP contribution is -2.37. The molecular formula is C13H28O3. The zero-order valence-corrected chi connectivity index (χ0v) is 11.6. The summed E-state index contributed by atoms with van der Waals surface area (Å²) < 4.78 is 11.4. The van der Waals surface area contributed by atoms with Gasteiger partial charge in [-0.05, 0) is 33.6 Å². The van der Waals surface area contributed by atoms with Gasteiger partial charge in [0.1, 0.15) is 0 Å². The van der Waals surface area contributed by atoms with Crippen LogP contribution in [0.15, 0.2) is 0 Å². The van der Waals surface area contributed by atoms with Gasteiger partial charge in [-0.15, -0.1) is 0 Å². The van der Waals surface area contributed by atoms with E-state index < -0.39 is 0 Å². The fourth-order valence-electron chi connectivity index (χ4n) is 1.51. The van der Waals surface area contributed by atoms with Gasteiger partial charge in [-0.1, -0.05) is 20.3 Å². The molecule has 1 N–H and O–H groups in total. The highest BCUT2D eigenvalue weighted by Crippen LogP contribution is 2.25. The van der Waals surface area contributed by atoms with E-state index in [1.807, 2.05) is 13.8 Å². The van der Waals surface area contributed by atoms with Gasteiger partial charge in [0.25, 0.3) is 0 Å². The lowest BCUT2D eigenvalue weighted by Gasteiger charge is -2.34. The fourth-order valence-corrected chi connectivity index (χ4v) is 1.51. The first-order chi connectivity index (χ1) is 7.33. The maximum atomic E-state index is 8.84. The molecule has 0 aromatic rings. The summed E-state index contributed by atoms with van der Waals surface area (Å²) in [7, 11) is 0. The maximum absolute atomic E-state index is 8.84. The Morgan fingerprint density at radius 2 is 1.69 bits per heavy atom. The van der Waals surface area contributed by atoms with E-state index in [-0.39, 0.29) is 24.4 Å². The topological polar surface area (TPSA) is 38.7 Å². The Morgan fingerprint density at radius 3 is 2.12 bits per heavy atom. The summed E-state index contributed by atoms with van der Waals surface area (Å²) in [5, 5.41) is 8.84. The molecule has 0 aromatic heterocycles. The van der Waals surface area contributed by atoms with Crippen LogP contribution in [0.4, 0.5) is 0 Å². The van der Waals surface area contributed by atoms with Gasteiger partial charge >= 0.3 is 0 Å². The number of aliphatic hydroxyl groups excluding tert-OH is 1. The molecule has 0 rings (SSSR count). The predicted octanol–water partition coefficient (Wildman–Crippen LogP) is 2.61. The van der Waals surface area contributed by atoms with Crippen LogP contribution in [-0.4, -0.2) is 36.1 Å². The average molecular weight is 232 g/mol. The first kappa shape index (κ1) is 15.9. The SMILES string of the molecule is CCC(C)C(C)(C)OC(C)COC(C)CO. The Hall–Kier alpha value is -0.120. The highest BCUT2D eigenvalue weighted by Gasteiger charge is 2.27. The first-order valence-corrected chi connectivity index (χ1v) is 6.23. The van der Waals surface area contributed by atoms with E-state index in [4.69, 9.17) is 14.6 Å². The van der Waals surface area contributed by atoms with Crippen molar-refractivity contribution in [3.63, 3.8) is 0 Å². The second kappa shape index (κ2) is 7.25. The van der Waals surface area contributed by atoms with E-state index in [1.54, 1.807) is 0 Å². The van der Waals surface area contributed by atoms with Crippen molar-refractivity contribution >= 4 is 0 Å². The smallest absolute Gasteiger partial charge is 0.0788 e. The number of hydrogen-bond donors (Lipinski definition) is 1. The molecule has 0 aromatic carbocycles. The second-order valence-electron chi connectivity index (χ2n) is 5.17. The Kier molecular flexibility index (Phi) is 7.20. The molecule has 98 valence electrons. The molecule has 3 heteroatoms. The van der Waals surface area contributed by atoms with E-state index in [0.717, 1.165) is 6.42 Å². The van der Waals surface area contributed by atoms with E-state index >= 15 is 0 Å². The van der Waals surface area contributed by atoms with Crippen LogP contribution < -0.4 is 0 Å². The standard InChI is InChI=1S/C13H28O3/c1-7-10(2)13(5,6)16-12(4)9-15-11(3)8-14/h10-12,14H,7-9H2,1-6H3. The summed E-state index contributed by atoms with van der Waals surface area (Å²) in [5.41, 5.74) is -0.125. The van der Waals surface area contributed by atoms with Gasteiger partial charge in [0.05, 0.1) is 31.0 Å². The van der Waals surface area contributed by atoms with Crippen LogP contribution in [0.1, 0.15) is 48.0 Å². The Labute approximate surface area is 100 Å². The Balaban J connectivity index is 3.98. The van der Waals surface area contributed by atoms with Crippen LogP contribution in [0.5, 0.6) is 0 Å². The molecule has 0 aliphatic rings. The fraction of sp³-hybridized carbons (Fsp3) is 1.00. The van der Waals surface area contributed by atoms with E-state index in [9.17, 15) is 0 Å². The summed E-state index contributed by atoms with van der Waals surface area (Å²) >= 11 is 0. The molecule has 0 saturated heterocycles. The second-order valence-corrected chi connectivity index (χ2v) is 5.17. The minimum atomic E-state index is -0.125. The molecule has 3 atom stereocenters. The zero-order valence-electron chi connectivity index (χ0n) is 11.6. The van der Waals surface area contributed by atoms with Gasteiger partial charge in [-0.3, -0.25) is 0 Å². The van der Waals surface area contributed by atoms with Crippen LogP contribution >= 0.6 is 0 Å². The molecule has 0 aliphatic carbocycles. The molecule has 0 radical (unpaired) electrons. The molecule has 0 heterocycles. The molecule has 0 aliphatic heterocycles. The van der Waals surface area contributed by atoms with Crippen LogP contribution in [0.2, 0.25) is 0 Å². The third-order valence-corrected chi connectivity index (χ3v) is 3.18. The van der Waals surface area contributed by atoms with Crippen molar-refractivity contribution in [1.82, 2.24) is 0 Å². The zero-order chi connectivity index (χ0) is 12.8. The van der Waals surface area contributed by atoms with Crippen molar-refractivity contribution < 1.29 is 14.6 Å². The van der Waals surface area contributed by atoms with Crippen LogP contribution in [-0.2, 0) is 9.47 Å². The molecule has 0 spiro atoms. The highest BCUT2D eigenvalue weighted by molar-refractivity contribution is 4.76. The van der Waals surface area contributed by atoms with Gasteiger partial charge in [-0.25, -0.2) is 0 Å². The van der Waals surface area contributed by atoms with E-state index in [2.05, 4.69) is 27.7 Å². The van der Waals surface area contributed by atoms with E-state index in [0.29, 0.717) is 12.5 Å². The van der Waals surface area contributed by atoms with Crippen LogP contribution in [0.3, 0.4) is 0 Å². The molecule has 3 nitrogen and oxygen atoms in total. The minimum Gasteiger partial charge on any atom is -0.394 e. The molecular weight excluding hydrogens is 204 g/mol. The van der Waals surface area contributed by atoms with Gasteiger partial charge in [0, 0.05) is 0 Å². The summed E-state index contributed by atoms with van der Waals surface area (Å²) in [6, 6.07) is 0. The van der Waals surface area contributed by atoms with Crippen LogP contribution in [0, 0.1) is 5.92 Å². The van der Waals surface area contributed by atoms with Crippen molar-refractivity contribution in [2.24, 2.45) is 5.92 Å². The normalized spacial score (nSPS) is 18.2. The monoisotopic (exact) mass is 232 g/mol. The molecule has 0 amide bonds. The number of rotatable bonds is 8. The van der Waals surface area contributed by atoms with Gasteiger partial charge in [0.15, 0.2) is 0 Å². The third-order valence-electron chi connectivity index (χ3n) is 3.18. The quantitative estimate of drug-likeness (QED) is 0.699. The summed E-state index contributed by atoms with van der Waals surface area (Å²) in [4.78, 5) is 0. The Morgan fingerprint density at radius 1 is 1.12 bits per heavy atom. The largest absolute Gasteiger partial charge is 0.394 e. The molecule has 0 bridgehead atoms. The molecule has 0 saturated carbocycles. The number of aliphatic hydroxyl groups is 1. The highest BCUT2D eigenvalue weighted by atomic mass is 16.6. The summed E-state index contributed by atoms with van der Waals surface area (Å²) in [5.74, 6) is 0.519. The number of hydrogen-bond acceptors (Lipinski definition) is 3. The lowest BCUT2D eigenvalue weighted by molar-refractivity contribution is -0.128. The van der Waals surface area contributed by atoms with Crippen molar-refractivity contribution in [1.29, 1.82) is 0 Å². The van der Waals surface area contributed by atoms with Gasteiger partial charge in [0.2, 0.25) is 0 Å². The molecule has 3 unspecified atom stereocenters. The number of ether oxygens (including phenoxy) is 2. The average Bonchev–Trinajstić information content (AvgIpc) is 2.23. The first-order valence-electron chi connectivity index (χ1n) is 6.23. The van der Waals surface area contributed by atoms with Crippen molar-refractivity contribution in [3.8, 4) is 0 Å². The third kappa shape index (κ3) is 5.83. The minimum absolute atomic E-state index is 0.0537. The van der Waals surface area contributed by atoms with Gasteiger partial charge in [-0.2, -0.15) is 0 Å². The molecule has 16 heavy (non-hydrogen) atoms. The van der Waals surface area contributed by atoms with E-state index in [1.165, 1.54) is 0 Å². The predicted molar refractivity (Wildman–Crippen MR) is 66.6 cm³/mol. The summed E-state index contributed by atoms with van der Waals surface area (Å²) in [6.07, 6.45) is 1.05. The van der Waals surface area contributed by atoms with Crippen LogP contribution in [0.25, 0.3) is 0 Å². The van der Waals surface area contributed by atoms with Crippen molar-refractivity contribution in [3.05, 3.63) is 0 Å². The Bertz CT molecular complexity index is 180. The van der Waals surface area contributed by atoms with Crippen molar-refractivity contribution in [2.45, 2.75) is 65.8 Å². The maximum Gasteiger partial charge on any atom is 0.0788 e. The van der Waals surface area contributed by atoms with Crippen molar-refractivity contribution in [2.75, 3.05) is 13.2 Å². The molecule has 0 fully saturated rings. The summed E-state index contributed by atoms with van der Waals surface area (Å²) in [6.45, 7) is 13.1.